The predicted molar refractivity (Wildman–Crippen MR) is 80.3 cm³/mol. The van der Waals surface area contributed by atoms with Crippen LogP contribution in [0.1, 0.15) is 43.0 Å². The Labute approximate surface area is 138 Å². The van der Waals surface area contributed by atoms with Crippen molar-refractivity contribution in [2.75, 3.05) is 6.61 Å². The van der Waals surface area contributed by atoms with Crippen molar-refractivity contribution in [2.24, 2.45) is 5.92 Å². The number of nitrogens with zero attached hydrogens (tertiary/aromatic N) is 1. The molecular formula is C17H19F2NO4. The van der Waals surface area contributed by atoms with Gasteiger partial charge in [0.15, 0.2) is 6.04 Å². The Morgan fingerprint density at radius 1 is 1.21 bits per heavy atom. The van der Waals surface area contributed by atoms with Crippen molar-refractivity contribution >= 4 is 11.9 Å². The first-order chi connectivity index (χ1) is 11.3. The standard InChI is InChI=1S/C17H19F2NO4/c1-10-2-4-17(5-3-10)20(14(9-24-17)16(22)23)15(21)11-6-12(18)8-13(19)7-11/h6-8,10,14H,2-5,9H2,1H3,(H,22,23). The summed E-state index contributed by atoms with van der Waals surface area (Å²) in [6.07, 6.45) is 2.63. The van der Waals surface area contributed by atoms with Crippen molar-refractivity contribution in [1.82, 2.24) is 4.90 Å². The zero-order valence-electron chi connectivity index (χ0n) is 13.3. The highest BCUT2D eigenvalue weighted by Crippen LogP contribution is 2.43. The molecule has 1 N–H and O–H groups in total. The number of halogens is 2. The second-order valence-electron chi connectivity index (χ2n) is 6.63. The Bertz CT molecular complexity index is 650. The molecule has 0 radical (unpaired) electrons. The van der Waals surface area contributed by atoms with Crippen molar-refractivity contribution in [3.05, 3.63) is 35.4 Å². The molecular weight excluding hydrogens is 320 g/mol. The number of hydrogen-bond acceptors (Lipinski definition) is 3. The van der Waals surface area contributed by atoms with Gasteiger partial charge in [-0.3, -0.25) is 9.69 Å². The van der Waals surface area contributed by atoms with E-state index >= 15 is 0 Å². The van der Waals surface area contributed by atoms with Gasteiger partial charge in [0.1, 0.15) is 17.4 Å². The molecule has 130 valence electrons. The molecule has 1 spiro atoms. The summed E-state index contributed by atoms with van der Waals surface area (Å²) in [5.74, 6) is -3.19. The number of carbonyl (C=O) groups excluding carboxylic acids is 1. The van der Waals surface area contributed by atoms with E-state index < -0.39 is 35.3 Å². The SMILES string of the molecule is CC1CCC2(CC1)OCC(C(=O)O)N2C(=O)c1cc(F)cc(F)c1. The smallest absolute Gasteiger partial charge is 0.328 e. The molecule has 2 fully saturated rings. The van der Waals surface area contributed by atoms with Gasteiger partial charge in [-0.25, -0.2) is 13.6 Å². The van der Waals surface area contributed by atoms with Gasteiger partial charge in [-0.05, 0) is 43.7 Å². The fourth-order valence-electron chi connectivity index (χ4n) is 3.59. The highest BCUT2D eigenvalue weighted by molar-refractivity contribution is 5.97. The minimum Gasteiger partial charge on any atom is -0.480 e. The lowest BCUT2D eigenvalue weighted by atomic mass is 9.83. The minimum atomic E-state index is -1.18. The molecule has 0 aromatic heterocycles. The first kappa shape index (κ1) is 16.8. The highest BCUT2D eigenvalue weighted by atomic mass is 19.1. The van der Waals surface area contributed by atoms with Gasteiger partial charge in [0.05, 0.1) is 6.61 Å². The molecule has 1 aromatic carbocycles. The Morgan fingerprint density at radius 3 is 2.33 bits per heavy atom. The number of carboxylic acids is 1. The number of carbonyl (C=O) groups is 2. The number of hydrogen-bond donors (Lipinski definition) is 1. The van der Waals surface area contributed by atoms with Crippen molar-refractivity contribution in [3.8, 4) is 0 Å². The van der Waals surface area contributed by atoms with Crippen LogP contribution in [-0.4, -0.2) is 40.3 Å². The number of ether oxygens (including phenoxy) is 1. The van der Waals surface area contributed by atoms with Crippen LogP contribution in [0, 0.1) is 17.6 Å². The van der Waals surface area contributed by atoms with Gasteiger partial charge in [0.25, 0.3) is 5.91 Å². The number of benzene rings is 1. The minimum absolute atomic E-state index is 0.118. The summed E-state index contributed by atoms with van der Waals surface area (Å²) < 4.78 is 32.7. The largest absolute Gasteiger partial charge is 0.480 e. The van der Waals surface area contributed by atoms with Gasteiger partial charge in [0.2, 0.25) is 0 Å². The number of amides is 1. The van der Waals surface area contributed by atoms with Crippen molar-refractivity contribution in [3.63, 3.8) is 0 Å². The van der Waals surface area contributed by atoms with Crippen LogP contribution >= 0.6 is 0 Å². The first-order valence-corrected chi connectivity index (χ1v) is 7.99. The summed E-state index contributed by atoms with van der Waals surface area (Å²) in [4.78, 5) is 25.6. The molecule has 1 atom stereocenters. The average Bonchev–Trinajstić information content (AvgIpc) is 2.88. The van der Waals surface area contributed by atoms with Gasteiger partial charge in [0, 0.05) is 11.6 Å². The molecule has 1 saturated carbocycles. The summed E-state index contributed by atoms with van der Waals surface area (Å²) in [6, 6.07) is 1.35. The molecule has 1 saturated heterocycles. The number of carboxylic acid groups (broad SMARTS) is 1. The average molecular weight is 339 g/mol. The Kier molecular flexibility index (Phi) is 4.29. The highest BCUT2D eigenvalue weighted by Gasteiger charge is 2.53. The van der Waals surface area contributed by atoms with E-state index in [-0.39, 0.29) is 12.2 Å². The van der Waals surface area contributed by atoms with Gasteiger partial charge in [-0.2, -0.15) is 0 Å². The van der Waals surface area contributed by atoms with Crippen LogP contribution in [0.2, 0.25) is 0 Å². The number of rotatable bonds is 2. The van der Waals surface area contributed by atoms with Crippen LogP contribution in [0.5, 0.6) is 0 Å². The quantitative estimate of drug-likeness (QED) is 0.900. The molecule has 1 aromatic rings. The van der Waals surface area contributed by atoms with Crippen LogP contribution in [0.4, 0.5) is 8.78 Å². The second-order valence-corrected chi connectivity index (χ2v) is 6.63. The zero-order chi connectivity index (χ0) is 17.5. The molecule has 3 rings (SSSR count). The molecule has 1 aliphatic heterocycles. The lowest BCUT2D eigenvalue weighted by Crippen LogP contribution is -2.55. The summed E-state index contributed by atoms with van der Waals surface area (Å²) >= 11 is 0. The van der Waals surface area contributed by atoms with Gasteiger partial charge < -0.3 is 9.84 Å². The molecule has 7 heteroatoms. The van der Waals surface area contributed by atoms with Crippen LogP contribution in [0.15, 0.2) is 18.2 Å². The third-order valence-corrected chi connectivity index (χ3v) is 4.93. The molecule has 1 amide bonds. The Morgan fingerprint density at radius 2 is 1.79 bits per heavy atom. The van der Waals surface area contributed by atoms with Crippen molar-refractivity contribution < 1.29 is 28.2 Å². The van der Waals surface area contributed by atoms with Crippen molar-refractivity contribution in [2.45, 2.75) is 44.4 Å². The maximum absolute atomic E-state index is 13.5. The van der Waals surface area contributed by atoms with E-state index in [4.69, 9.17) is 4.74 Å². The van der Waals surface area contributed by atoms with E-state index in [9.17, 15) is 23.5 Å². The van der Waals surface area contributed by atoms with E-state index in [1.165, 1.54) is 4.90 Å². The van der Waals surface area contributed by atoms with E-state index in [0.717, 1.165) is 25.0 Å². The first-order valence-electron chi connectivity index (χ1n) is 7.99. The van der Waals surface area contributed by atoms with Crippen LogP contribution in [0.3, 0.4) is 0 Å². The monoisotopic (exact) mass is 339 g/mol. The summed E-state index contributed by atoms with van der Waals surface area (Å²) in [5.41, 5.74) is -1.21. The van der Waals surface area contributed by atoms with E-state index in [1.54, 1.807) is 0 Å². The molecule has 24 heavy (non-hydrogen) atoms. The fourth-order valence-corrected chi connectivity index (χ4v) is 3.59. The van der Waals surface area contributed by atoms with Gasteiger partial charge in [-0.15, -0.1) is 0 Å². The van der Waals surface area contributed by atoms with Crippen LogP contribution in [0.25, 0.3) is 0 Å². The molecule has 5 nitrogen and oxygen atoms in total. The lowest BCUT2D eigenvalue weighted by molar-refractivity contribution is -0.143. The lowest BCUT2D eigenvalue weighted by Gasteiger charge is -2.42. The van der Waals surface area contributed by atoms with E-state index in [0.29, 0.717) is 24.8 Å². The van der Waals surface area contributed by atoms with Crippen LogP contribution < -0.4 is 0 Å². The maximum atomic E-state index is 13.5. The van der Waals surface area contributed by atoms with Crippen LogP contribution in [-0.2, 0) is 9.53 Å². The van der Waals surface area contributed by atoms with Crippen molar-refractivity contribution in [1.29, 1.82) is 0 Å². The zero-order valence-corrected chi connectivity index (χ0v) is 13.3. The maximum Gasteiger partial charge on any atom is 0.328 e. The summed E-state index contributed by atoms with van der Waals surface area (Å²) in [5, 5.41) is 9.43. The Hall–Kier alpha value is -2.02. The summed E-state index contributed by atoms with van der Waals surface area (Å²) in [6.45, 7) is 1.97. The summed E-state index contributed by atoms with van der Waals surface area (Å²) in [7, 11) is 0. The van der Waals surface area contributed by atoms with E-state index in [1.807, 2.05) is 0 Å². The topological polar surface area (TPSA) is 66.8 Å². The third kappa shape index (κ3) is 2.88. The molecule has 1 aliphatic carbocycles. The predicted octanol–water partition coefficient (Wildman–Crippen LogP) is 2.80. The van der Waals surface area contributed by atoms with Gasteiger partial charge >= 0.3 is 5.97 Å². The normalized spacial score (nSPS) is 29.9. The molecule has 1 heterocycles. The molecule has 0 bridgehead atoms. The second kappa shape index (κ2) is 6.12. The Balaban J connectivity index is 1.98. The number of aliphatic carboxylic acids is 1. The molecule has 2 aliphatic rings. The fraction of sp³-hybridized carbons (Fsp3) is 0.529. The van der Waals surface area contributed by atoms with Gasteiger partial charge in [-0.1, -0.05) is 6.92 Å². The third-order valence-electron chi connectivity index (χ3n) is 4.93. The molecule has 1 unspecified atom stereocenters. The van der Waals surface area contributed by atoms with E-state index in [2.05, 4.69) is 6.92 Å².